The molecule has 1 amide bonds. The number of nitrogens with zero attached hydrogens (tertiary/aromatic N) is 2. The number of aromatic amines is 1. The number of hydrogen-bond acceptors (Lipinski definition) is 2. The fraction of sp³-hybridized carbons (Fsp3) is 0.0526. The molecule has 2 N–H and O–H groups in total. The molecule has 124 valence electrons. The molecule has 0 saturated heterocycles. The summed E-state index contributed by atoms with van der Waals surface area (Å²) in [4.78, 5) is 19.8. The van der Waals surface area contributed by atoms with E-state index < -0.39 is 0 Å². The predicted octanol–water partition coefficient (Wildman–Crippen LogP) is 3.89. The van der Waals surface area contributed by atoms with Crippen LogP contribution >= 0.6 is 22.6 Å². The second kappa shape index (κ2) is 6.72. The van der Waals surface area contributed by atoms with E-state index in [1.165, 1.54) is 3.57 Å². The molecule has 0 aliphatic heterocycles. The van der Waals surface area contributed by atoms with E-state index in [9.17, 15) is 4.79 Å². The fourth-order valence-corrected chi connectivity index (χ4v) is 3.03. The average Bonchev–Trinajstić information content (AvgIpc) is 3.29. The molecule has 25 heavy (non-hydrogen) atoms. The van der Waals surface area contributed by atoms with Gasteiger partial charge >= 0.3 is 0 Å². The van der Waals surface area contributed by atoms with Crippen LogP contribution in [0.25, 0.3) is 16.6 Å². The zero-order chi connectivity index (χ0) is 17.2. The SMILES string of the molecule is O=C(NCc1cn(-c2ccc(I)cc2)cn1)c1ccc2cc[nH]c2c1. The van der Waals surface area contributed by atoms with Crippen LogP contribution in [0.1, 0.15) is 16.1 Å². The highest BCUT2D eigenvalue weighted by Gasteiger charge is 2.08. The molecule has 0 atom stereocenters. The highest BCUT2D eigenvalue weighted by Crippen LogP contribution is 2.15. The van der Waals surface area contributed by atoms with Crippen molar-refractivity contribution in [3.05, 3.63) is 82.1 Å². The van der Waals surface area contributed by atoms with Gasteiger partial charge in [0.1, 0.15) is 0 Å². The van der Waals surface area contributed by atoms with Crippen molar-refractivity contribution in [2.45, 2.75) is 6.54 Å². The van der Waals surface area contributed by atoms with Crippen LogP contribution in [0, 0.1) is 3.57 Å². The number of halogens is 1. The van der Waals surface area contributed by atoms with Crippen molar-refractivity contribution < 1.29 is 4.79 Å². The second-order valence-electron chi connectivity index (χ2n) is 5.71. The first kappa shape index (κ1) is 15.9. The zero-order valence-electron chi connectivity index (χ0n) is 13.2. The lowest BCUT2D eigenvalue weighted by molar-refractivity contribution is 0.0950. The van der Waals surface area contributed by atoms with Crippen molar-refractivity contribution in [3.8, 4) is 5.69 Å². The smallest absolute Gasteiger partial charge is 0.251 e. The molecule has 0 saturated carbocycles. The van der Waals surface area contributed by atoms with Gasteiger partial charge in [-0.05, 0) is 70.4 Å². The minimum atomic E-state index is -0.111. The number of amides is 1. The van der Waals surface area contributed by atoms with Gasteiger partial charge in [-0.15, -0.1) is 0 Å². The van der Waals surface area contributed by atoms with Crippen molar-refractivity contribution in [2.24, 2.45) is 0 Å². The summed E-state index contributed by atoms with van der Waals surface area (Å²) in [5, 5.41) is 4.01. The van der Waals surface area contributed by atoms with Crippen LogP contribution in [-0.2, 0) is 6.54 Å². The average molecular weight is 442 g/mol. The van der Waals surface area contributed by atoms with Crippen molar-refractivity contribution >= 4 is 39.4 Å². The summed E-state index contributed by atoms with van der Waals surface area (Å²) < 4.78 is 3.13. The number of imidazole rings is 1. The summed E-state index contributed by atoms with van der Waals surface area (Å²) in [7, 11) is 0. The molecule has 0 bridgehead atoms. The first-order valence-corrected chi connectivity index (χ1v) is 8.91. The number of hydrogen-bond donors (Lipinski definition) is 2. The number of benzene rings is 2. The summed E-state index contributed by atoms with van der Waals surface area (Å²) in [6.07, 6.45) is 5.55. The minimum Gasteiger partial charge on any atom is -0.361 e. The Morgan fingerprint density at radius 1 is 1.16 bits per heavy atom. The molecule has 0 fully saturated rings. The number of aromatic nitrogens is 3. The van der Waals surface area contributed by atoms with Crippen molar-refractivity contribution in [1.82, 2.24) is 19.9 Å². The van der Waals surface area contributed by atoms with Gasteiger partial charge in [0.2, 0.25) is 0 Å². The van der Waals surface area contributed by atoms with E-state index in [1.807, 2.05) is 65.5 Å². The molecule has 6 heteroatoms. The topological polar surface area (TPSA) is 62.7 Å². The molecule has 0 unspecified atom stereocenters. The van der Waals surface area contributed by atoms with E-state index in [0.717, 1.165) is 22.3 Å². The molecule has 0 aliphatic carbocycles. The van der Waals surface area contributed by atoms with Gasteiger partial charge in [0, 0.05) is 32.7 Å². The molecular formula is C19H15IN4O. The standard InChI is InChI=1S/C19H15IN4O/c20-15-3-5-17(6-4-15)24-11-16(23-12-24)10-22-19(25)14-2-1-13-7-8-21-18(13)9-14/h1-9,11-12,21H,10H2,(H,22,25). The van der Waals surface area contributed by atoms with Gasteiger partial charge in [-0.2, -0.15) is 0 Å². The largest absolute Gasteiger partial charge is 0.361 e. The Kier molecular flexibility index (Phi) is 4.27. The number of nitrogens with one attached hydrogen (secondary N) is 2. The maximum absolute atomic E-state index is 12.3. The van der Waals surface area contributed by atoms with Crippen LogP contribution in [0.5, 0.6) is 0 Å². The van der Waals surface area contributed by atoms with Crippen LogP contribution in [0.15, 0.2) is 67.3 Å². The Labute approximate surface area is 158 Å². The molecule has 5 nitrogen and oxygen atoms in total. The first-order chi connectivity index (χ1) is 12.2. The summed E-state index contributed by atoms with van der Waals surface area (Å²) in [6.45, 7) is 0.388. The molecular weight excluding hydrogens is 427 g/mol. The van der Waals surface area contributed by atoms with Crippen LogP contribution in [0.2, 0.25) is 0 Å². The number of rotatable bonds is 4. The number of fused-ring (bicyclic) bond motifs is 1. The monoisotopic (exact) mass is 442 g/mol. The summed E-state index contributed by atoms with van der Waals surface area (Å²) in [6, 6.07) is 15.8. The van der Waals surface area contributed by atoms with Gasteiger partial charge in [0.05, 0.1) is 18.6 Å². The van der Waals surface area contributed by atoms with E-state index in [2.05, 4.69) is 37.9 Å². The van der Waals surface area contributed by atoms with Gasteiger partial charge in [0.15, 0.2) is 0 Å². The van der Waals surface area contributed by atoms with Crippen LogP contribution in [-0.4, -0.2) is 20.4 Å². The van der Waals surface area contributed by atoms with Crippen LogP contribution < -0.4 is 5.32 Å². The van der Waals surface area contributed by atoms with Gasteiger partial charge in [0.25, 0.3) is 5.91 Å². The van der Waals surface area contributed by atoms with Crippen molar-refractivity contribution in [2.75, 3.05) is 0 Å². The van der Waals surface area contributed by atoms with E-state index in [1.54, 1.807) is 6.33 Å². The van der Waals surface area contributed by atoms with Crippen LogP contribution in [0.4, 0.5) is 0 Å². The third-order valence-corrected chi connectivity index (χ3v) is 4.73. The molecule has 4 aromatic rings. The molecule has 2 heterocycles. The second-order valence-corrected chi connectivity index (χ2v) is 6.96. The molecule has 4 rings (SSSR count). The van der Waals surface area contributed by atoms with Gasteiger partial charge in [-0.1, -0.05) is 6.07 Å². The first-order valence-electron chi connectivity index (χ1n) is 7.83. The lowest BCUT2D eigenvalue weighted by Crippen LogP contribution is -2.22. The number of H-pyrrole nitrogens is 1. The third-order valence-electron chi connectivity index (χ3n) is 4.01. The van der Waals surface area contributed by atoms with Gasteiger partial charge in [-0.3, -0.25) is 4.79 Å². The maximum Gasteiger partial charge on any atom is 0.251 e. The Hall–Kier alpha value is -2.61. The Morgan fingerprint density at radius 3 is 2.84 bits per heavy atom. The highest BCUT2D eigenvalue weighted by molar-refractivity contribution is 14.1. The third kappa shape index (κ3) is 3.43. The lowest BCUT2D eigenvalue weighted by Gasteiger charge is -2.04. The quantitative estimate of drug-likeness (QED) is 0.472. The minimum absolute atomic E-state index is 0.111. The zero-order valence-corrected chi connectivity index (χ0v) is 15.4. The number of carbonyl (C=O) groups excluding carboxylic acids is 1. The van der Waals surface area contributed by atoms with Crippen molar-refractivity contribution in [3.63, 3.8) is 0 Å². The Bertz CT molecular complexity index is 1030. The summed E-state index contributed by atoms with van der Waals surface area (Å²) in [5.41, 5.74) is 3.44. The Balaban J connectivity index is 1.44. The fourth-order valence-electron chi connectivity index (χ4n) is 2.67. The van der Waals surface area contributed by atoms with Gasteiger partial charge < -0.3 is 14.9 Å². The van der Waals surface area contributed by atoms with E-state index in [-0.39, 0.29) is 5.91 Å². The normalized spacial score (nSPS) is 10.9. The molecule has 0 radical (unpaired) electrons. The van der Waals surface area contributed by atoms with E-state index in [0.29, 0.717) is 12.1 Å². The molecule has 0 spiro atoms. The lowest BCUT2D eigenvalue weighted by atomic mass is 10.1. The Morgan fingerprint density at radius 2 is 2.00 bits per heavy atom. The summed E-state index contributed by atoms with van der Waals surface area (Å²) >= 11 is 2.28. The summed E-state index contributed by atoms with van der Waals surface area (Å²) in [5.74, 6) is -0.111. The highest BCUT2D eigenvalue weighted by atomic mass is 127. The number of carbonyl (C=O) groups is 1. The predicted molar refractivity (Wildman–Crippen MR) is 106 cm³/mol. The molecule has 2 aromatic carbocycles. The maximum atomic E-state index is 12.3. The van der Waals surface area contributed by atoms with E-state index >= 15 is 0 Å². The molecule has 0 aliphatic rings. The van der Waals surface area contributed by atoms with E-state index in [4.69, 9.17) is 0 Å². The molecule has 2 aromatic heterocycles. The van der Waals surface area contributed by atoms with Crippen molar-refractivity contribution in [1.29, 1.82) is 0 Å². The van der Waals surface area contributed by atoms with Crippen LogP contribution in [0.3, 0.4) is 0 Å². The van der Waals surface area contributed by atoms with Gasteiger partial charge in [-0.25, -0.2) is 4.98 Å².